The van der Waals surface area contributed by atoms with Gasteiger partial charge in [0.2, 0.25) is 5.71 Å². The van der Waals surface area contributed by atoms with Gasteiger partial charge in [0, 0.05) is 10.0 Å². The van der Waals surface area contributed by atoms with Crippen molar-refractivity contribution in [2.75, 3.05) is 13.7 Å². The van der Waals surface area contributed by atoms with E-state index in [9.17, 15) is 4.79 Å². The molecule has 4 heteroatoms. The number of ketones is 1. The largest absolute Gasteiger partial charge is 0.294 e. The van der Waals surface area contributed by atoms with Crippen LogP contribution in [0.5, 0.6) is 0 Å². The highest BCUT2D eigenvalue weighted by atomic mass is 79.9. The minimum absolute atomic E-state index is 0.139. The van der Waals surface area contributed by atoms with E-state index < -0.39 is 0 Å². The second-order valence-electron chi connectivity index (χ2n) is 3.75. The van der Waals surface area contributed by atoms with Crippen molar-refractivity contribution in [2.24, 2.45) is 0 Å². The highest BCUT2D eigenvalue weighted by Crippen LogP contribution is 2.13. The van der Waals surface area contributed by atoms with Crippen LogP contribution in [0.4, 0.5) is 0 Å². The lowest BCUT2D eigenvalue weighted by molar-refractivity contribution is -0.758. The summed E-state index contributed by atoms with van der Waals surface area (Å²) in [7, 11) is 1.84. The lowest BCUT2D eigenvalue weighted by Crippen LogP contribution is -2.13. The molecule has 1 aromatic carbocycles. The van der Waals surface area contributed by atoms with Crippen molar-refractivity contribution >= 4 is 27.4 Å². The van der Waals surface area contributed by atoms with Gasteiger partial charge in [-0.25, -0.2) is 0 Å². The molecule has 16 heavy (non-hydrogen) atoms. The molecular formula is C12H13BrNO2+. The normalized spacial score (nSPS) is 15.1. The number of Topliss-reactive ketones (excluding diaryl/α,β-unsaturated/α-hetero) is 1. The molecule has 0 unspecified atom stereocenters. The summed E-state index contributed by atoms with van der Waals surface area (Å²) in [6.07, 6.45) is 1.29. The summed E-state index contributed by atoms with van der Waals surface area (Å²) < 4.78 is 2.69. The summed E-state index contributed by atoms with van der Waals surface area (Å²) in [5, 5.41) is 0. The summed E-state index contributed by atoms with van der Waals surface area (Å²) >= 11 is 3.35. The second-order valence-corrected chi connectivity index (χ2v) is 4.67. The molecule has 0 spiro atoms. The molecule has 0 bridgehead atoms. The van der Waals surface area contributed by atoms with Gasteiger partial charge in [-0.2, -0.15) is 0 Å². The monoisotopic (exact) mass is 282 g/mol. The van der Waals surface area contributed by atoms with E-state index in [1.54, 1.807) is 4.74 Å². The van der Waals surface area contributed by atoms with Crippen LogP contribution in [0.1, 0.15) is 23.2 Å². The average molecular weight is 283 g/mol. The Bertz CT molecular complexity index is 437. The summed E-state index contributed by atoms with van der Waals surface area (Å²) in [6, 6.07) is 7.44. The molecule has 0 aliphatic carbocycles. The zero-order chi connectivity index (χ0) is 11.5. The van der Waals surface area contributed by atoms with Gasteiger partial charge in [0.05, 0.1) is 12.8 Å². The van der Waals surface area contributed by atoms with Crippen LogP contribution in [-0.4, -0.2) is 29.9 Å². The highest BCUT2D eigenvalue weighted by molar-refractivity contribution is 9.10. The molecule has 1 heterocycles. The zero-order valence-corrected chi connectivity index (χ0v) is 10.7. The Morgan fingerprint density at radius 1 is 1.44 bits per heavy atom. The van der Waals surface area contributed by atoms with Gasteiger partial charge in [0.25, 0.3) is 0 Å². The number of benzene rings is 1. The fraction of sp³-hybridized carbons (Fsp3) is 0.333. The van der Waals surface area contributed by atoms with E-state index in [2.05, 4.69) is 15.9 Å². The average Bonchev–Trinajstić information content (AvgIpc) is 2.65. The Morgan fingerprint density at radius 2 is 2.12 bits per heavy atom. The maximum absolute atomic E-state index is 11.9. The number of hydroxylamine groups is 1. The Labute approximate surface area is 103 Å². The molecule has 1 aliphatic heterocycles. The standard InChI is InChI=1S/C12H13BrNO2/c1-14-11(6-7-16-14)8-12(15)9-2-4-10(13)5-3-9/h2-5H,6-8H2,1H3/q+1. The van der Waals surface area contributed by atoms with Gasteiger partial charge in [-0.3, -0.25) is 9.63 Å². The van der Waals surface area contributed by atoms with Crippen molar-refractivity contribution < 1.29 is 14.4 Å². The van der Waals surface area contributed by atoms with E-state index in [0.29, 0.717) is 13.0 Å². The molecule has 0 fully saturated rings. The first-order valence-electron chi connectivity index (χ1n) is 5.17. The molecular weight excluding hydrogens is 270 g/mol. The van der Waals surface area contributed by atoms with Gasteiger partial charge in [0.1, 0.15) is 0 Å². The Hall–Kier alpha value is -1.16. The van der Waals surface area contributed by atoms with Crippen molar-refractivity contribution in [3.63, 3.8) is 0 Å². The third-order valence-corrected chi connectivity index (χ3v) is 3.18. The molecule has 0 aromatic heterocycles. The molecule has 0 N–H and O–H groups in total. The third kappa shape index (κ3) is 2.50. The minimum Gasteiger partial charge on any atom is -0.294 e. The van der Waals surface area contributed by atoms with Gasteiger partial charge in [-0.05, 0) is 16.9 Å². The maximum Gasteiger partial charge on any atom is 0.215 e. The third-order valence-electron chi connectivity index (χ3n) is 2.65. The molecule has 0 amide bonds. The molecule has 0 saturated heterocycles. The second kappa shape index (κ2) is 4.78. The van der Waals surface area contributed by atoms with Crippen molar-refractivity contribution in [3.05, 3.63) is 34.3 Å². The van der Waals surface area contributed by atoms with E-state index in [1.165, 1.54) is 0 Å². The summed E-state index contributed by atoms with van der Waals surface area (Å²) in [5.74, 6) is 0.139. The van der Waals surface area contributed by atoms with Gasteiger partial charge in [-0.15, -0.1) is 0 Å². The summed E-state index contributed by atoms with van der Waals surface area (Å²) in [5.41, 5.74) is 1.80. The van der Waals surface area contributed by atoms with Crippen LogP contribution in [-0.2, 0) is 4.84 Å². The van der Waals surface area contributed by atoms with Crippen LogP contribution in [0, 0.1) is 0 Å². The molecule has 2 rings (SSSR count). The molecule has 0 atom stereocenters. The van der Waals surface area contributed by atoms with Gasteiger partial charge in [-0.1, -0.05) is 28.1 Å². The number of halogens is 1. The number of hydrogen-bond acceptors (Lipinski definition) is 2. The van der Waals surface area contributed by atoms with Gasteiger partial charge in [0.15, 0.2) is 19.4 Å². The molecule has 0 saturated carbocycles. The van der Waals surface area contributed by atoms with Crippen LogP contribution in [0.25, 0.3) is 0 Å². The fourth-order valence-electron chi connectivity index (χ4n) is 1.67. The lowest BCUT2D eigenvalue weighted by atomic mass is 10.0. The Morgan fingerprint density at radius 3 is 2.69 bits per heavy atom. The van der Waals surface area contributed by atoms with Gasteiger partial charge >= 0.3 is 0 Å². The van der Waals surface area contributed by atoms with Crippen LogP contribution in [0.3, 0.4) is 0 Å². The number of carbonyl (C=O) groups excluding carboxylic acids is 1. The number of hydrogen-bond donors (Lipinski definition) is 0. The lowest BCUT2D eigenvalue weighted by Gasteiger charge is -1.98. The van der Waals surface area contributed by atoms with E-state index in [4.69, 9.17) is 4.84 Å². The zero-order valence-electron chi connectivity index (χ0n) is 9.07. The minimum atomic E-state index is 0.139. The predicted molar refractivity (Wildman–Crippen MR) is 64.8 cm³/mol. The first kappa shape index (κ1) is 11.3. The maximum atomic E-state index is 11.9. The molecule has 1 aliphatic rings. The Balaban J connectivity index is 2.09. The van der Waals surface area contributed by atoms with Crippen LogP contribution in [0.15, 0.2) is 28.7 Å². The van der Waals surface area contributed by atoms with Gasteiger partial charge < -0.3 is 0 Å². The SMILES string of the molecule is C[N+]1=C(CC(=O)c2ccc(Br)cc2)CCO1. The van der Waals surface area contributed by atoms with Crippen molar-refractivity contribution in [2.45, 2.75) is 12.8 Å². The highest BCUT2D eigenvalue weighted by Gasteiger charge is 2.24. The molecule has 3 nitrogen and oxygen atoms in total. The quantitative estimate of drug-likeness (QED) is 0.630. The number of carbonyl (C=O) groups is 1. The van der Waals surface area contributed by atoms with Crippen molar-refractivity contribution in [1.82, 2.24) is 0 Å². The van der Waals surface area contributed by atoms with Crippen LogP contribution in [0.2, 0.25) is 0 Å². The Kier molecular flexibility index (Phi) is 3.39. The first-order valence-corrected chi connectivity index (χ1v) is 5.96. The summed E-state index contributed by atoms with van der Waals surface area (Å²) in [4.78, 5) is 17.2. The van der Waals surface area contributed by atoms with Crippen LogP contribution < -0.4 is 0 Å². The number of nitrogens with zero attached hydrogens (tertiary/aromatic N) is 1. The smallest absolute Gasteiger partial charge is 0.215 e. The van der Waals surface area contributed by atoms with E-state index in [-0.39, 0.29) is 5.78 Å². The van der Waals surface area contributed by atoms with Crippen molar-refractivity contribution in [3.8, 4) is 0 Å². The molecule has 0 radical (unpaired) electrons. The van der Waals surface area contributed by atoms with E-state index in [0.717, 1.165) is 22.2 Å². The first-order chi connectivity index (χ1) is 7.66. The molecule has 84 valence electrons. The molecule has 1 aromatic rings. The van der Waals surface area contributed by atoms with E-state index in [1.807, 2.05) is 31.3 Å². The van der Waals surface area contributed by atoms with Crippen LogP contribution >= 0.6 is 15.9 Å². The summed E-state index contributed by atoms with van der Waals surface area (Å²) in [6.45, 7) is 0.680. The fourth-order valence-corrected chi connectivity index (χ4v) is 1.94. The predicted octanol–water partition coefficient (Wildman–Crippen LogP) is 2.44. The number of rotatable bonds is 3. The van der Waals surface area contributed by atoms with Crippen molar-refractivity contribution in [1.29, 1.82) is 0 Å². The topological polar surface area (TPSA) is 29.3 Å². The van der Waals surface area contributed by atoms with E-state index >= 15 is 0 Å².